The van der Waals surface area contributed by atoms with Gasteiger partial charge in [0.2, 0.25) is 0 Å². The van der Waals surface area contributed by atoms with E-state index in [1.165, 1.54) is 12.1 Å². The molecule has 0 amide bonds. The lowest BCUT2D eigenvalue weighted by atomic mass is 10.1. The number of carbonyl (C=O) groups is 1. The summed E-state index contributed by atoms with van der Waals surface area (Å²) in [5, 5.41) is 8.88. The molecular weight excluding hydrogens is 259 g/mol. The third-order valence-electron chi connectivity index (χ3n) is 3.18. The first-order chi connectivity index (χ1) is 9.38. The first-order valence-corrected chi connectivity index (χ1v) is 6.21. The normalized spacial score (nSPS) is 10.6. The molecule has 20 heavy (non-hydrogen) atoms. The van der Waals surface area contributed by atoms with Gasteiger partial charge in [-0.15, -0.1) is 0 Å². The number of nitrogens with zero attached hydrogens (tertiary/aromatic N) is 2. The van der Waals surface area contributed by atoms with Gasteiger partial charge < -0.3 is 5.11 Å². The molecule has 2 aromatic rings. The fourth-order valence-corrected chi connectivity index (χ4v) is 2.14. The minimum atomic E-state index is -0.912. The van der Waals surface area contributed by atoms with Gasteiger partial charge >= 0.3 is 5.97 Å². The zero-order valence-electron chi connectivity index (χ0n) is 11.6. The quantitative estimate of drug-likeness (QED) is 0.934. The van der Waals surface area contributed by atoms with Gasteiger partial charge in [-0.1, -0.05) is 0 Å². The van der Waals surface area contributed by atoms with Crippen molar-refractivity contribution in [3.63, 3.8) is 0 Å². The molecule has 1 N–H and O–H groups in total. The van der Waals surface area contributed by atoms with Crippen LogP contribution in [0, 0.1) is 26.6 Å². The molecule has 1 aromatic carbocycles. The summed E-state index contributed by atoms with van der Waals surface area (Å²) in [4.78, 5) is 19.5. The maximum atomic E-state index is 13.1. The molecule has 0 aliphatic rings. The van der Waals surface area contributed by atoms with Crippen LogP contribution >= 0.6 is 0 Å². The summed E-state index contributed by atoms with van der Waals surface area (Å²) in [5.41, 5.74) is 3.40. The summed E-state index contributed by atoms with van der Waals surface area (Å²) in [6.07, 6.45) is -0.0969. The summed E-state index contributed by atoms with van der Waals surface area (Å²) in [6.45, 7) is 5.31. The number of benzene rings is 1. The fraction of sp³-hybridized carbons (Fsp3) is 0.267. The van der Waals surface area contributed by atoms with Crippen molar-refractivity contribution in [1.82, 2.24) is 9.97 Å². The van der Waals surface area contributed by atoms with Crippen molar-refractivity contribution in [2.45, 2.75) is 27.2 Å². The lowest BCUT2D eigenvalue weighted by Crippen LogP contribution is -2.08. The van der Waals surface area contributed by atoms with E-state index in [9.17, 15) is 9.18 Å². The van der Waals surface area contributed by atoms with Crippen molar-refractivity contribution in [2.24, 2.45) is 0 Å². The van der Waals surface area contributed by atoms with Gasteiger partial charge in [-0.3, -0.25) is 4.79 Å². The van der Waals surface area contributed by atoms with Gasteiger partial charge in [-0.2, -0.15) is 0 Å². The van der Waals surface area contributed by atoms with Crippen LogP contribution in [0.4, 0.5) is 4.39 Å². The topological polar surface area (TPSA) is 63.1 Å². The average molecular weight is 274 g/mol. The lowest BCUT2D eigenvalue weighted by molar-refractivity contribution is -0.136. The molecule has 0 saturated heterocycles. The Hall–Kier alpha value is -2.30. The number of carboxylic acids is 1. The molecule has 1 heterocycles. The predicted octanol–water partition coefficient (Wildman–Crippen LogP) is 2.84. The molecule has 104 valence electrons. The average Bonchev–Trinajstić information content (AvgIpc) is 2.33. The largest absolute Gasteiger partial charge is 0.481 e. The Morgan fingerprint density at radius 1 is 1.20 bits per heavy atom. The molecule has 0 aliphatic carbocycles. The van der Waals surface area contributed by atoms with Gasteiger partial charge in [0.25, 0.3) is 0 Å². The van der Waals surface area contributed by atoms with Crippen molar-refractivity contribution in [1.29, 1.82) is 0 Å². The first-order valence-electron chi connectivity index (χ1n) is 6.21. The highest BCUT2D eigenvalue weighted by molar-refractivity contribution is 5.71. The second-order valence-electron chi connectivity index (χ2n) is 4.73. The van der Waals surface area contributed by atoms with Gasteiger partial charge in [0.05, 0.1) is 6.42 Å². The van der Waals surface area contributed by atoms with Gasteiger partial charge in [-0.25, -0.2) is 14.4 Å². The van der Waals surface area contributed by atoms with Crippen molar-refractivity contribution < 1.29 is 14.3 Å². The molecule has 0 aliphatic heterocycles. The molecule has 0 radical (unpaired) electrons. The van der Waals surface area contributed by atoms with E-state index in [1.54, 1.807) is 26.8 Å². The van der Waals surface area contributed by atoms with E-state index >= 15 is 0 Å². The highest BCUT2D eigenvalue weighted by Crippen LogP contribution is 2.23. The molecule has 0 spiro atoms. The van der Waals surface area contributed by atoms with Crippen molar-refractivity contribution in [2.75, 3.05) is 0 Å². The fourth-order valence-electron chi connectivity index (χ4n) is 2.14. The summed E-state index contributed by atoms with van der Waals surface area (Å²) in [5.74, 6) is -0.723. The SMILES string of the molecule is Cc1cc(F)ccc1-c1nc(C)c(CC(=O)O)c(C)n1. The van der Waals surface area contributed by atoms with Crippen LogP contribution in [0.3, 0.4) is 0 Å². The summed E-state index contributed by atoms with van der Waals surface area (Å²) in [6, 6.07) is 4.42. The number of hydrogen-bond donors (Lipinski definition) is 1. The third-order valence-corrected chi connectivity index (χ3v) is 3.18. The van der Waals surface area contributed by atoms with Crippen LogP contribution in [0.5, 0.6) is 0 Å². The molecule has 5 heteroatoms. The number of halogens is 1. The van der Waals surface area contributed by atoms with E-state index in [0.29, 0.717) is 22.8 Å². The number of rotatable bonds is 3. The van der Waals surface area contributed by atoms with Crippen LogP contribution in [0.15, 0.2) is 18.2 Å². The smallest absolute Gasteiger partial charge is 0.307 e. The number of carboxylic acid groups (broad SMARTS) is 1. The summed E-state index contributed by atoms with van der Waals surface area (Å²) in [7, 11) is 0. The molecule has 4 nitrogen and oxygen atoms in total. The van der Waals surface area contributed by atoms with E-state index in [-0.39, 0.29) is 12.2 Å². The lowest BCUT2D eigenvalue weighted by Gasteiger charge is -2.11. The highest BCUT2D eigenvalue weighted by atomic mass is 19.1. The Labute approximate surface area is 116 Å². The van der Waals surface area contributed by atoms with Crippen LogP contribution < -0.4 is 0 Å². The molecule has 2 rings (SSSR count). The maximum absolute atomic E-state index is 13.1. The number of hydrogen-bond acceptors (Lipinski definition) is 3. The second kappa shape index (κ2) is 5.36. The number of aliphatic carboxylic acids is 1. The second-order valence-corrected chi connectivity index (χ2v) is 4.73. The molecule has 0 saturated carbocycles. The Bertz CT molecular complexity index is 661. The number of aromatic nitrogens is 2. The van der Waals surface area contributed by atoms with Crippen molar-refractivity contribution in [3.8, 4) is 11.4 Å². The Kier molecular flexibility index (Phi) is 3.79. The standard InChI is InChI=1S/C15H15FN2O2/c1-8-6-11(16)4-5-12(8)15-17-9(2)13(7-14(19)20)10(3)18-15/h4-6H,7H2,1-3H3,(H,19,20). The van der Waals surface area contributed by atoms with Crippen LogP contribution in [-0.4, -0.2) is 21.0 Å². The summed E-state index contributed by atoms with van der Waals surface area (Å²) >= 11 is 0. The zero-order valence-corrected chi connectivity index (χ0v) is 11.6. The van der Waals surface area contributed by atoms with Gasteiger partial charge in [-0.05, 0) is 44.5 Å². The minimum absolute atomic E-state index is 0.0969. The third kappa shape index (κ3) is 2.82. The molecule has 0 atom stereocenters. The van der Waals surface area contributed by atoms with Gasteiger partial charge in [0.15, 0.2) is 5.82 Å². The van der Waals surface area contributed by atoms with Crippen molar-refractivity contribution in [3.05, 3.63) is 46.5 Å². The monoisotopic (exact) mass is 274 g/mol. The Morgan fingerprint density at radius 3 is 2.30 bits per heavy atom. The van der Waals surface area contributed by atoms with Crippen molar-refractivity contribution >= 4 is 5.97 Å². The van der Waals surface area contributed by atoms with Gasteiger partial charge in [0, 0.05) is 22.5 Å². The van der Waals surface area contributed by atoms with E-state index in [1.807, 2.05) is 0 Å². The van der Waals surface area contributed by atoms with Crippen LogP contribution in [-0.2, 0) is 11.2 Å². The van der Waals surface area contributed by atoms with Crippen LogP contribution in [0.1, 0.15) is 22.5 Å². The van der Waals surface area contributed by atoms with E-state index in [2.05, 4.69) is 9.97 Å². The summed E-state index contributed by atoms with van der Waals surface area (Å²) < 4.78 is 13.1. The Morgan fingerprint density at radius 2 is 1.80 bits per heavy atom. The number of aryl methyl sites for hydroxylation is 3. The predicted molar refractivity (Wildman–Crippen MR) is 73.0 cm³/mol. The molecule has 0 unspecified atom stereocenters. The molecule has 1 aromatic heterocycles. The first kappa shape index (κ1) is 14.1. The van der Waals surface area contributed by atoms with E-state index in [0.717, 1.165) is 11.1 Å². The van der Waals surface area contributed by atoms with E-state index in [4.69, 9.17) is 5.11 Å². The molecular formula is C15H15FN2O2. The van der Waals surface area contributed by atoms with Crippen LogP contribution in [0.2, 0.25) is 0 Å². The zero-order chi connectivity index (χ0) is 14.9. The minimum Gasteiger partial charge on any atom is -0.481 e. The molecule has 0 fully saturated rings. The highest BCUT2D eigenvalue weighted by Gasteiger charge is 2.14. The van der Waals surface area contributed by atoms with E-state index < -0.39 is 5.97 Å². The Balaban J connectivity index is 2.52. The van der Waals surface area contributed by atoms with Gasteiger partial charge in [0.1, 0.15) is 5.82 Å². The molecule has 0 bridgehead atoms. The maximum Gasteiger partial charge on any atom is 0.307 e. The van der Waals surface area contributed by atoms with Crippen LogP contribution in [0.25, 0.3) is 11.4 Å².